The Kier molecular flexibility index (Phi) is 5.15. The summed E-state index contributed by atoms with van der Waals surface area (Å²) in [5, 5.41) is 0.307. The van der Waals surface area contributed by atoms with Gasteiger partial charge in [-0.25, -0.2) is 4.79 Å². The first-order valence-corrected chi connectivity index (χ1v) is 6.45. The van der Waals surface area contributed by atoms with Gasteiger partial charge in [0.15, 0.2) is 0 Å². The highest BCUT2D eigenvalue weighted by Crippen LogP contribution is 2.23. The molecule has 3 nitrogen and oxygen atoms in total. The Morgan fingerprint density at radius 2 is 2.06 bits per heavy atom. The van der Waals surface area contributed by atoms with Crippen LogP contribution >= 0.6 is 31.9 Å². The summed E-state index contributed by atoms with van der Waals surface area (Å²) in [6.45, 7) is 0. The van der Waals surface area contributed by atoms with Gasteiger partial charge in [-0.3, -0.25) is 4.79 Å². The average molecular weight is 350 g/mol. The summed E-state index contributed by atoms with van der Waals surface area (Å²) in [6.07, 6.45) is 0.288. The predicted octanol–water partition coefficient (Wildman–Crippen LogP) is 2.74. The molecule has 0 bridgehead atoms. The molecular formula is C11H10Br2O3. The molecule has 0 saturated carbocycles. The molecule has 0 unspecified atom stereocenters. The van der Waals surface area contributed by atoms with Crippen molar-refractivity contribution in [3.8, 4) is 0 Å². The molecule has 5 heteroatoms. The number of halogens is 2. The maximum absolute atomic E-state index is 11.4. The first kappa shape index (κ1) is 13.4. The van der Waals surface area contributed by atoms with E-state index in [2.05, 4.69) is 36.6 Å². The number of carbonyl (C=O) groups excluding carboxylic acids is 2. The van der Waals surface area contributed by atoms with E-state index in [4.69, 9.17) is 0 Å². The van der Waals surface area contributed by atoms with E-state index in [1.54, 1.807) is 18.2 Å². The Morgan fingerprint density at radius 3 is 2.62 bits per heavy atom. The Hall–Kier alpha value is -0.680. The molecule has 16 heavy (non-hydrogen) atoms. The number of hydrogen-bond acceptors (Lipinski definition) is 3. The Bertz CT molecular complexity index is 416. The van der Waals surface area contributed by atoms with E-state index in [9.17, 15) is 9.59 Å². The lowest BCUT2D eigenvalue weighted by Gasteiger charge is -2.07. The second kappa shape index (κ2) is 6.15. The van der Waals surface area contributed by atoms with E-state index in [1.807, 2.05) is 0 Å². The molecule has 0 saturated heterocycles. The molecule has 1 rings (SSSR count). The van der Waals surface area contributed by atoms with Crippen LogP contribution in [0.3, 0.4) is 0 Å². The molecule has 0 radical (unpaired) electrons. The highest BCUT2D eigenvalue weighted by atomic mass is 79.9. The van der Waals surface area contributed by atoms with Gasteiger partial charge in [-0.15, -0.1) is 0 Å². The molecule has 0 spiro atoms. The summed E-state index contributed by atoms with van der Waals surface area (Å²) in [4.78, 5) is 22.7. The van der Waals surface area contributed by atoms with Gasteiger partial charge in [0.2, 0.25) is 0 Å². The van der Waals surface area contributed by atoms with Crippen LogP contribution in [0, 0.1) is 0 Å². The van der Waals surface area contributed by atoms with Gasteiger partial charge < -0.3 is 4.74 Å². The molecule has 0 aliphatic carbocycles. The Balaban J connectivity index is 3.04. The number of ketones is 1. The number of rotatable bonds is 4. The van der Waals surface area contributed by atoms with Gasteiger partial charge in [0, 0.05) is 10.9 Å². The third-order valence-electron chi connectivity index (χ3n) is 2.02. The van der Waals surface area contributed by atoms with Gasteiger partial charge >= 0.3 is 5.97 Å². The first-order chi connectivity index (χ1) is 7.60. The molecular weight excluding hydrogens is 340 g/mol. The molecule has 0 fully saturated rings. The van der Waals surface area contributed by atoms with Crippen LogP contribution in [0.2, 0.25) is 0 Å². The van der Waals surface area contributed by atoms with Crippen molar-refractivity contribution in [2.45, 2.75) is 6.42 Å². The van der Waals surface area contributed by atoms with Gasteiger partial charge in [0.05, 0.1) is 18.0 Å². The lowest BCUT2D eigenvalue weighted by molar-refractivity contribution is -0.115. The van der Waals surface area contributed by atoms with Crippen LogP contribution in [0.1, 0.15) is 15.9 Å². The predicted molar refractivity (Wildman–Crippen MR) is 68.0 cm³/mol. The van der Waals surface area contributed by atoms with E-state index in [0.29, 0.717) is 15.4 Å². The number of esters is 1. The zero-order valence-corrected chi connectivity index (χ0v) is 11.8. The molecule has 86 valence electrons. The quantitative estimate of drug-likeness (QED) is 0.620. The lowest BCUT2D eigenvalue weighted by atomic mass is 10.1. The van der Waals surface area contributed by atoms with E-state index in [-0.39, 0.29) is 12.2 Å². The fourth-order valence-corrected chi connectivity index (χ4v) is 2.01. The number of ether oxygens (including phenoxy) is 1. The zero-order chi connectivity index (χ0) is 12.1. The van der Waals surface area contributed by atoms with Crippen LogP contribution in [0.25, 0.3) is 0 Å². The van der Waals surface area contributed by atoms with Crippen molar-refractivity contribution in [2.24, 2.45) is 0 Å². The Morgan fingerprint density at radius 1 is 1.38 bits per heavy atom. The van der Waals surface area contributed by atoms with Crippen molar-refractivity contribution in [2.75, 3.05) is 12.4 Å². The smallest absolute Gasteiger partial charge is 0.339 e. The van der Waals surface area contributed by atoms with E-state index < -0.39 is 5.97 Å². The summed E-state index contributed by atoms with van der Waals surface area (Å²) in [5.74, 6) is -0.359. The molecule has 0 atom stereocenters. The van der Waals surface area contributed by atoms with Gasteiger partial charge in [0.25, 0.3) is 0 Å². The van der Waals surface area contributed by atoms with E-state index >= 15 is 0 Å². The van der Waals surface area contributed by atoms with E-state index in [0.717, 1.165) is 5.56 Å². The number of benzene rings is 1. The number of methoxy groups -OCH3 is 1. The maximum Gasteiger partial charge on any atom is 0.339 e. The topological polar surface area (TPSA) is 43.4 Å². The average Bonchev–Trinajstić information content (AvgIpc) is 2.30. The van der Waals surface area contributed by atoms with Crippen molar-refractivity contribution in [1.29, 1.82) is 0 Å². The van der Waals surface area contributed by atoms with Crippen LogP contribution in [-0.4, -0.2) is 24.2 Å². The molecule has 0 aromatic heterocycles. The van der Waals surface area contributed by atoms with Crippen LogP contribution in [-0.2, 0) is 16.0 Å². The number of alkyl halides is 1. The van der Waals surface area contributed by atoms with Crippen LogP contribution < -0.4 is 0 Å². The fraction of sp³-hybridized carbons (Fsp3) is 0.273. The van der Waals surface area contributed by atoms with Gasteiger partial charge in [-0.1, -0.05) is 28.1 Å². The monoisotopic (exact) mass is 348 g/mol. The van der Waals surface area contributed by atoms with Crippen molar-refractivity contribution in [1.82, 2.24) is 0 Å². The third kappa shape index (κ3) is 3.15. The molecule has 1 aromatic carbocycles. The Labute approximate surface area is 110 Å². The fourth-order valence-electron chi connectivity index (χ4n) is 1.24. The van der Waals surface area contributed by atoms with Gasteiger partial charge in [-0.2, -0.15) is 0 Å². The molecule has 1 aromatic rings. The second-order valence-corrected chi connectivity index (χ2v) is 4.47. The minimum atomic E-state index is -0.417. The largest absolute Gasteiger partial charge is 0.465 e. The first-order valence-electron chi connectivity index (χ1n) is 4.53. The minimum Gasteiger partial charge on any atom is -0.465 e. The highest BCUT2D eigenvalue weighted by molar-refractivity contribution is 9.10. The summed E-state index contributed by atoms with van der Waals surface area (Å²) in [6, 6.07) is 5.18. The second-order valence-electron chi connectivity index (χ2n) is 3.12. The standard InChI is InChI=1S/C11H10Br2O3/c1-16-11(15)9-4-2-3-7(10(9)13)5-8(14)6-12/h2-4H,5-6H2,1H3. The lowest BCUT2D eigenvalue weighted by Crippen LogP contribution is -2.08. The maximum atomic E-state index is 11.4. The van der Waals surface area contributed by atoms with E-state index in [1.165, 1.54) is 7.11 Å². The third-order valence-corrected chi connectivity index (χ3v) is 3.58. The summed E-state index contributed by atoms with van der Waals surface area (Å²) < 4.78 is 5.26. The number of carbonyl (C=O) groups is 2. The molecule has 0 aliphatic heterocycles. The van der Waals surface area contributed by atoms with Crippen molar-refractivity contribution in [3.63, 3.8) is 0 Å². The van der Waals surface area contributed by atoms with Gasteiger partial charge in [0.1, 0.15) is 5.78 Å². The van der Waals surface area contributed by atoms with Crippen molar-refractivity contribution >= 4 is 43.6 Å². The zero-order valence-electron chi connectivity index (χ0n) is 8.63. The van der Waals surface area contributed by atoms with Crippen LogP contribution in [0.15, 0.2) is 22.7 Å². The summed E-state index contributed by atoms with van der Waals surface area (Å²) in [5.41, 5.74) is 1.22. The molecule has 0 aliphatic rings. The number of Topliss-reactive ketones (excluding diaryl/α,β-unsaturated/α-hetero) is 1. The molecule has 0 N–H and O–H groups in total. The van der Waals surface area contributed by atoms with Crippen molar-refractivity contribution < 1.29 is 14.3 Å². The molecule has 0 heterocycles. The van der Waals surface area contributed by atoms with Crippen LogP contribution in [0.4, 0.5) is 0 Å². The SMILES string of the molecule is COC(=O)c1cccc(CC(=O)CBr)c1Br. The summed E-state index contributed by atoms with van der Waals surface area (Å²) in [7, 11) is 1.32. The summed E-state index contributed by atoms with van der Waals surface area (Å²) >= 11 is 6.41. The normalized spacial score (nSPS) is 9.94. The molecule has 0 amide bonds. The van der Waals surface area contributed by atoms with Crippen molar-refractivity contribution in [3.05, 3.63) is 33.8 Å². The van der Waals surface area contributed by atoms with Crippen LogP contribution in [0.5, 0.6) is 0 Å². The van der Waals surface area contributed by atoms with Gasteiger partial charge in [-0.05, 0) is 27.6 Å². The number of hydrogen-bond donors (Lipinski definition) is 0. The highest BCUT2D eigenvalue weighted by Gasteiger charge is 2.14. The minimum absolute atomic E-state index is 0.0581.